The number of hydrogen-bond donors (Lipinski definition) is 1. The molecule has 0 amide bonds. The zero-order chi connectivity index (χ0) is 10.8. The van der Waals surface area contributed by atoms with E-state index in [2.05, 4.69) is 4.98 Å². The van der Waals surface area contributed by atoms with Crippen molar-refractivity contribution in [2.24, 2.45) is 0 Å². The van der Waals surface area contributed by atoms with E-state index in [1.54, 1.807) is 37.5 Å². The van der Waals surface area contributed by atoms with Gasteiger partial charge in [0.2, 0.25) is 0 Å². The molecule has 1 aromatic heterocycles. The van der Waals surface area contributed by atoms with Crippen LogP contribution >= 0.6 is 11.3 Å². The van der Waals surface area contributed by atoms with Crippen molar-refractivity contribution in [1.82, 2.24) is 9.88 Å². The maximum absolute atomic E-state index is 10.9. The second-order valence-corrected chi connectivity index (χ2v) is 4.66. The molecule has 0 aliphatic carbocycles. The Bertz CT molecular complexity index is 309. The first-order valence-corrected chi connectivity index (χ1v) is 5.14. The standard InChI is InChI=1S/C9H14N2O2S/c1-9(2,8(12)13)11(3)5-7-4-10-6-14-7/h4,6H,5H2,1-3H3,(H,12,13). The number of carbonyl (C=O) groups is 1. The highest BCUT2D eigenvalue weighted by Gasteiger charge is 2.31. The van der Waals surface area contributed by atoms with Gasteiger partial charge in [0.25, 0.3) is 0 Å². The molecule has 0 aliphatic heterocycles. The van der Waals surface area contributed by atoms with Gasteiger partial charge in [0.1, 0.15) is 5.54 Å². The highest BCUT2D eigenvalue weighted by molar-refractivity contribution is 7.09. The van der Waals surface area contributed by atoms with Gasteiger partial charge in [-0.25, -0.2) is 0 Å². The van der Waals surface area contributed by atoms with Crippen LogP contribution in [0.5, 0.6) is 0 Å². The van der Waals surface area contributed by atoms with E-state index >= 15 is 0 Å². The van der Waals surface area contributed by atoms with Crippen LogP contribution in [-0.2, 0) is 11.3 Å². The number of aromatic nitrogens is 1. The van der Waals surface area contributed by atoms with E-state index in [4.69, 9.17) is 5.11 Å². The first kappa shape index (κ1) is 11.1. The van der Waals surface area contributed by atoms with Crippen molar-refractivity contribution in [3.05, 3.63) is 16.6 Å². The predicted molar refractivity (Wildman–Crippen MR) is 55.3 cm³/mol. The fraction of sp³-hybridized carbons (Fsp3) is 0.556. The zero-order valence-corrected chi connectivity index (χ0v) is 9.34. The second-order valence-electron chi connectivity index (χ2n) is 3.69. The first-order chi connectivity index (χ1) is 6.44. The van der Waals surface area contributed by atoms with Crippen molar-refractivity contribution in [3.8, 4) is 0 Å². The summed E-state index contributed by atoms with van der Waals surface area (Å²) in [6, 6.07) is 0. The van der Waals surface area contributed by atoms with E-state index in [0.717, 1.165) is 4.88 Å². The van der Waals surface area contributed by atoms with Gasteiger partial charge in [0.05, 0.1) is 5.51 Å². The van der Waals surface area contributed by atoms with E-state index in [-0.39, 0.29) is 0 Å². The normalized spacial score (nSPS) is 12.0. The van der Waals surface area contributed by atoms with Crippen LogP contribution in [0.2, 0.25) is 0 Å². The number of carboxylic acid groups (broad SMARTS) is 1. The summed E-state index contributed by atoms with van der Waals surface area (Å²) in [5.74, 6) is -0.815. The summed E-state index contributed by atoms with van der Waals surface area (Å²) in [4.78, 5) is 17.7. The molecule has 78 valence electrons. The van der Waals surface area contributed by atoms with Crippen molar-refractivity contribution in [3.63, 3.8) is 0 Å². The summed E-state index contributed by atoms with van der Waals surface area (Å²) < 4.78 is 0. The minimum Gasteiger partial charge on any atom is -0.480 e. The quantitative estimate of drug-likeness (QED) is 0.824. The molecular formula is C9H14N2O2S. The lowest BCUT2D eigenvalue weighted by atomic mass is 10.0. The van der Waals surface area contributed by atoms with Crippen molar-refractivity contribution in [2.45, 2.75) is 25.9 Å². The molecule has 0 aliphatic rings. The molecular weight excluding hydrogens is 200 g/mol. The Hall–Kier alpha value is -0.940. The van der Waals surface area contributed by atoms with E-state index in [0.29, 0.717) is 6.54 Å². The number of likely N-dealkylation sites (N-methyl/N-ethyl adjacent to an activating group) is 1. The number of aliphatic carboxylic acids is 1. The highest BCUT2D eigenvalue weighted by atomic mass is 32.1. The zero-order valence-electron chi connectivity index (χ0n) is 8.52. The lowest BCUT2D eigenvalue weighted by molar-refractivity contribution is -0.148. The summed E-state index contributed by atoms with van der Waals surface area (Å²) in [5, 5.41) is 8.99. The molecule has 0 spiro atoms. The molecule has 0 atom stereocenters. The summed E-state index contributed by atoms with van der Waals surface area (Å²) in [6.07, 6.45) is 1.76. The Morgan fingerprint density at radius 2 is 2.36 bits per heavy atom. The Morgan fingerprint density at radius 1 is 1.71 bits per heavy atom. The van der Waals surface area contributed by atoms with E-state index in [9.17, 15) is 4.79 Å². The van der Waals surface area contributed by atoms with Crippen LogP contribution in [0, 0.1) is 0 Å². The van der Waals surface area contributed by atoms with Gasteiger partial charge in [0, 0.05) is 17.6 Å². The van der Waals surface area contributed by atoms with Crippen LogP contribution in [0.15, 0.2) is 11.7 Å². The van der Waals surface area contributed by atoms with E-state index < -0.39 is 11.5 Å². The minimum atomic E-state index is -0.843. The molecule has 0 aromatic carbocycles. The Kier molecular flexibility index (Phi) is 3.23. The van der Waals surface area contributed by atoms with Crippen molar-refractivity contribution < 1.29 is 9.90 Å². The number of nitrogens with zero attached hydrogens (tertiary/aromatic N) is 2. The Labute approximate surface area is 87.2 Å². The Morgan fingerprint density at radius 3 is 2.79 bits per heavy atom. The van der Waals surface area contributed by atoms with Gasteiger partial charge >= 0.3 is 5.97 Å². The second kappa shape index (κ2) is 4.06. The van der Waals surface area contributed by atoms with Gasteiger partial charge in [-0.05, 0) is 20.9 Å². The molecule has 0 bridgehead atoms. The molecule has 0 saturated carbocycles. The van der Waals surface area contributed by atoms with Crippen molar-refractivity contribution >= 4 is 17.3 Å². The molecule has 0 radical (unpaired) electrons. The SMILES string of the molecule is CN(Cc1cncs1)C(C)(C)C(=O)O. The monoisotopic (exact) mass is 214 g/mol. The molecule has 1 rings (SSSR count). The van der Waals surface area contributed by atoms with Crippen LogP contribution in [0.3, 0.4) is 0 Å². The third-order valence-electron chi connectivity index (χ3n) is 2.35. The van der Waals surface area contributed by atoms with Crippen LogP contribution in [0.25, 0.3) is 0 Å². The molecule has 1 heterocycles. The average Bonchev–Trinajstić information content (AvgIpc) is 2.56. The fourth-order valence-corrected chi connectivity index (χ4v) is 1.56. The fourth-order valence-electron chi connectivity index (χ4n) is 0.915. The van der Waals surface area contributed by atoms with Gasteiger partial charge < -0.3 is 5.11 Å². The van der Waals surface area contributed by atoms with Gasteiger partial charge in [-0.3, -0.25) is 14.7 Å². The van der Waals surface area contributed by atoms with Gasteiger partial charge in [-0.15, -0.1) is 11.3 Å². The lowest BCUT2D eigenvalue weighted by Gasteiger charge is -2.30. The highest BCUT2D eigenvalue weighted by Crippen LogP contribution is 2.17. The van der Waals surface area contributed by atoms with Gasteiger partial charge in [0.15, 0.2) is 0 Å². The lowest BCUT2D eigenvalue weighted by Crippen LogP contribution is -2.47. The molecule has 0 unspecified atom stereocenters. The maximum atomic E-state index is 10.9. The third kappa shape index (κ3) is 2.30. The summed E-state index contributed by atoms with van der Waals surface area (Å²) in [7, 11) is 1.80. The van der Waals surface area contributed by atoms with Crippen molar-refractivity contribution in [1.29, 1.82) is 0 Å². The summed E-state index contributed by atoms with van der Waals surface area (Å²) in [6.45, 7) is 4.00. The first-order valence-electron chi connectivity index (χ1n) is 4.26. The van der Waals surface area contributed by atoms with E-state index in [1.165, 1.54) is 11.3 Å². The predicted octanol–water partition coefficient (Wildman–Crippen LogP) is 1.44. The average molecular weight is 214 g/mol. The molecule has 14 heavy (non-hydrogen) atoms. The van der Waals surface area contributed by atoms with Crippen LogP contribution in [0.1, 0.15) is 18.7 Å². The summed E-state index contributed by atoms with van der Waals surface area (Å²) in [5.41, 5.74) is 0.904. The molecule has 5 heteroatoms. The molecule has 1 aromatic rings. The third-order valence-corrected chi connectivity index (χ3v) is 3.12. The maximum Gasteiger partial charge on any atom is 0.323 e. The van der Waals surface area contributed by atoms with Crippen molar-refractivity contribution in [2.75, 3.05) is 7.05 Å². The topological polar surface area (TPSA) is 53.4 Å². The Balaban J connectivity index is 2.67. The van der Waals surface area contributed by atoms with Crippen LogP contribution < -0.4 is 0 Å². The van der Waals surface area contributed by atoms with Gasteiger partial charge in [-0.2, -0.15) is 0 Å². The van der Waals surface area contributed by atoms with Gasteiger partial charge in [-0.1, -0.05) is 0 Å². The molecule has 1 N–H and O–H groups in total. The molecule has 0 saturated heterocycles. The number of carboxylic acids is 1. The number of rotatable bonds is 4. The summed E-state index contributed by atoms with van der Waals surface area (Å²) >= 11 is 1.53. The largest absolute Gasteiger partial charge is 0.480 e. The molecule has 4 nitrogen and oxygen atoms in total. The minimum absolute atomic E-state index is 0.615. The smallest absolute Gasteiger partial charge is 0.323 e. The number of hydrogen-bond acceptors (Lipinski definition) is 4. The van der Waals surface area contributed by atoms with Crippen LogP contribution in [0.4, 0.5) is 0 Å². The van der Waals surface area contributed by atoms with Crippen LogP contribution in [-0.4, -0.2) is 33.5 Å². The number of thiazole rings is 1. The molecule has 0 fully saturated rings. The van der Waals surface area contributed by atoms with E-state index in [1.807, 2.05) is 0 Å².